The number of carbonyl (C=O) groups excluding carboxylic acids is 1. The predicted molar refractivity (Wildman–Crippen MR) is 83.6 cm³/mol. The maximum Gasteiger partial charge on any atom is 0.299 e. The number of hydrogen-bond donors (Lipinski definition) is 1. The highest BCUT2D eigenvalue weighted by Gasteiger charge is 2.16. The lowest BCUT2D eigenvalue weighted by molar-refractivity contribution is -0.0604. The van der Waals surface area contributed by atoms with Gasteiger partial charge in [-0.1, -0.05) is 47.1 Å². The number of rotatable bonds is 2. The Hall–Kier alpha value is -3.12. The summed E-state index contributed by atoms with van der Waals surface area (Å²) >= 11 is 0. The molecule has 1 N–H and O–H groups in total. The molecule has 0 aliphatic rings. The second-order valence-electron chi connectivity index (χ2n) is 5.12. The van der Waals surface area contributed by atoms with Gasteiger partial charge >= 0.3 is 0 Å². The van der Waals surface area contributed by atoms with E-state index in [4.69, 9.17) is 0 Å². The molecule has 114 valence electrons. The summed E-state index contributed by atoms with van der Waals surface area (Å²) < 4.78 is 0. The number of hydroxylamine groups is 1. The molecule has 3 aromatic rings. The largest absolute Gasteiger partial charge is 0.299 e. The minimum atomic E-state index is -0.822. The van der Waals surface area contributed by atoms with Crippen molar-refractivity contribution in [2.24, 2.45) is 5.10 Å². The van der Waals surface area contributed by atoms with E-state index < -0.39 is 22.1 Å². The van der Waals surface area contributed by atoms with E-state index in [1.165, 1.54) is 18.2 Å². The third-order valence-electron chi connectivity index (χ3n) is 3.49. The summed E-state index contributed by atoms with van der Waals surface area (Å²) in [5, 5.41) is 13.3. The number of amides is 1. The van der Waals surface area contributed by atoms with Crippen LogP contribution in [0, 0.1) is 6.92 Å². The van der Waals surface area contributed by atoms with Crippen molar-refractivity contribution in [1.29, 1.82) is 0 Å². The number of carbonyl (C=O) groups is 1. The Bertz CT molecular complexity index is 1010. The Kier molecular flexibility index (Phi) is 3.59. The van der Waals surface area contributed by atoms with Crippen LogP contribution in [-0.2, 0) is 0 Å². The predicted octanol–water partition coefficient (Wildman–Crippen LogP) is 1.09. The molecule has 0 radical (unpaired) electrons. The van der Waals surface area contributed by atoms with Gasteiger partial charge in [-0.3, -0.25) is 19.6 Å². The van der Waals surface area contributed by atoms with Crippen LogP contribution in [0.2, 0.25) is 0 Å². The average molecular weight is 308 g/mol. The fraction of sp³-hybridized carbons (Fsp3) is 0.0588. The molecule has 3 aromatic carbocycles. The van der Waals surface area contributed by atoms with E-state index in [-0.39, 0.29) is 21.5 Å². The number of hydrogen-bond acceptors (Lipinski definition) is 5. The molecule has 0 fully saturated rings. The van der Waals surface area contributed by atoms with E-state index in [9.17, 15) is 19.6 Å². The van der Waals surface area contributed by atoms with Crippen LogP contribution in [0.1, 0.15) is 15.9 Å². The molecule has 0 aliphatic carbocycles. The average Bonchev–Trinajstić information content (AvgIpc) is 2.79. The van der Waals surface area contributed by atoms with E-state index in [0.29, 0.717) is 0 Å². The lowest BCUT2D eigenvalue weighted by atomic mass is 10.1. The van der Waals surface area contributed by atoms with Crippen molar-refractivity contribution in [3.63, 3.8) is 0 Å². The molecule has 0 aromatic heterocycles. The summed E-state index contributed by atoms with van der Waals surface area (Å²) in [7, 11) is 0. The van der Waals surface area contributed by atoms with Crippen molar-refractivity contribution in [2.75, 3.05) is 0 Å². The van der Waals surface area contributed by atoms with Gasteiger partial charge in [-0.25, -0.2) is 0 Å². The van der Waals surface area contributed by atoms with Gasteiger partial charge in [0.15, 0.2) is 5.36 Å². The van der Waals surface area contributed by atoms with Crippen LogP contribution in [0.15, 0.2) is 63.2 Å². The van der Waals surface area contributed by atoms with Crippen molar-refractivity contribution in [2.45, 2.75) is 6.92 Å². The van der Waals surface area contributed by atoms with Crippen LogP contribution < -0.4 is 16.2 Å². The van der Waals surface area contributed by atoms with E-state index in [0.717, 1.165) is 5.56 Å². The minimum Gasteiger partial charge on any atom is -0.287 e. The molecular formula is C17H12N2O4. The van der Waals surface area contributed by atoms with E-state index in [1.54, 1.807) is 37.3 Å². The molecule has 0 aliphatic heterocycles. The van der Waals surface area contributed by atoms with Crippen molar-refractivity contribution in [1.82, 2.24) is 5.17 Å². The molecule has 0 bridgehead atoms. The quantitative estimate of drug-likeness (QED) is 0.567. The van der Waals surface area contributed by atoms with Gasteiger partial charge in [0.2, 0.25) is 10.9 Å². The molecule has 0 heterocycles. The van der Waals surface area contributed by atoms with Crippen molar-refractivity contribution < 1.29 is 10.0 Å². The summed E-state index contributed by atoms with van der Waals surface area (Å²) in [5.74, 6) is -0.822. The first kappa shape index (κ1) is 14.8. The molecule has 1 amide bonds. The Labute approximate surface area is 130 Å². The van der Waals surface area contributed by atoms with Crippen LogP contribution in [-0.4, -0.2) is 16.3 Å². The fourth-order valence-corrected chi connectivity index (χ4v) is 2.36. The zero-order chi connectivity index (χ0) is 16.6. The van der Waals surface area contributed by atoms with Crippen LogP contribution in [0.5, 0.6) is 0 Å². The van der Waals surface area contributed by atoms with Gasteiger partial charge in [-0.15, -0.1) is 5.10 Å². The number of nitrogens with zero attached hydrogens (tertiary/aromatic N) is 2. The highest BCUT2D eigenvalue weighted by molar-refractivity contribution is 5.93. The van der Waals surface area contributed by atoms with Crippen molar-refractivity contribution >= 4 is 16.7 Å². The standard InChI is InChI=1S/C17H12N2O4/c1-10-5-4-6-11(9-10)17(22)19(23)18-14-15(20)12-7-2-3-8-13(12)16(14)21/h2-9,23H,1H3. The van der Waals surface area contributed by atoms with Crippen LogP contribution in [0.25, 0.3) is 10.8 Å². The third kappa shape index (κ3) is 2.56. The Morgan fingerprint density at radius 2 is 1.61 bits per heavy atom. The van der Waals surface area contributed by atoms with Gasteiger partial charge in [0, 0.05) is 16.3 Å². The van der Waals surface area contributed by atoms with Gasteiger partial charge in [0.25, 0.3) is 5.91 Å². The topological polar surface area (TPSA) is 87.0 Å². The molecule has 0 saturated heterocycles. The fourth-order valence-electron chi connectivity index (χ4n) is 2.36. The number of fused-ring (bicyclic) bond motifs is 1. The Morgan fingerprint density at radius 3 is 2.17 bits per heavy atom. The second-order valence-corrected chi connectivity index (χ2v) is 5.12. The lowest BCUT2D eigenvalue weighted by Gasteiger charge is -2.07. The summed E-state index contributed by atoms with van der Waals surface area (Å²) in [6, 6.07) is 12.8. The lowest BCUT2D eigenvalue weighted by Crippen LogP contribution is -2.36. The smallest absolute Gasteiger partial charge is 0.287 e. The molecule has 3 rings (SSSR count). The van der Waals surface area contributed by atoms with Gasteiger partial charge in [0.1, 0.15) is 0 Å². The molecule has 0 spiro atoms. The third-order valence-corrected chi connectivity index (χ3v) is 3.49. The summed E-state index contributed by atoms with van der Waals surface area (Å²) in [4.78, 5) is 36.4. The molecular weight excluding hydrogens is 296 g/mol. The van der Waals surface area contributed by atoms with Crippen LogP contribution in [0.4, 0.5) is 0 Å². The zero-order valence-electron chi connectivity index (χ0n) is 12.2. The van der Waals surface area contributed by atoms with Crippen molar-refractivity contribution in [3.8, 4) is 0 Å². The molecule has 6 nitrogen and oxygen atoms in total. The van der Waals surface area contributed by atoms with Gasteiger partial charge in [-0.2, -0.15) is 0 Å². The Balaban J connectivity index is 2.10. The second kappa shape index (κ2) is 5.58. The molecule has 6 heteroatoms. The monoisotopic (exact) mass is 308 g/mol. The zero-order valence-corrected chi connectivity index (χ0v) is 12.2. The van der Waals surface area contributed by atoms with Crippen LogP contribution >= 0.6 is 0 Å². The first-order chi connectivity index (χ1) is 11.0. The van der Waals surface area contributed by atoms with Crippen LogP contribution in [0.3, 0.4) is 0 Å². The van der Waals surface area contributed by atoms with Crippen molar-refractivity contribution in [3.05, 3.63) is 85.5 Å². The van der Waals surface area contributed by atoms with Gasteiger partial charge in [-0.05, 0) is 19.1 Å². The molecule has 0 saturated carbocycles. The highest BCUT2D eigenvalue weighted by atomic mass is 16.5. The van der Waals surface area contributed by atoms with E-state index in [1.807, 2.05) is 0 Å². The highest BCUT2D eigenvalue weighted by Crippen LogP contribution is 2.07. The van der Waals surface area contributed by atoms with E-state index >= 15 is 0 Å². The SMILES string of the molecule is Cc1cccc(C(=O)N(O)N=c2c(=O)c3ccccc3c2=O)c1. The minimum absolute atomic E-state index is 0.0335. The first-order valence-electron chi connectivity index (χ1n) is 6.86. The maximum atomic E-state index is 12.2. The normalized spacial score (nSPS) is 10.7. The first-order valence-corrected chi connectivity index (χ1v) is 6.86. The number of aryl methyl sites for hydroxylation is 1. The molecule has 0 unspecified atom stereocenters. The van der Waals surface area contributed by atoms with Gasteiger partial charge in [0.05, 0.1) is 0 Å². The summed E-state index contributed by atoms with van der Waals surface area (Å²) in [5.41, 5.74) is -0.187. The van der Waals surface area contributed by atoms with E-state index in [2.05, 4.69) is 5.10 Å². The molecule has 23 heavy (non-hydrogen) atoms. The summed E-state index contributed by atoms with van der Waals surface area (Å²) in [6.45, 7) is 1.80. The maximum absolute atomic E-state index is 12.2. The van der Waals surface area contributed by atoms with Gasteiger partial charge < -0.3 is 0 Å². The number of benzene rings is 2. The Morgan fingerprint density at radius 1 is 1.00 bits per heavy atom. The molecule has 0 atom stereocenters. The summed E-state index contributed by atoms with van der Waals surface area (Å²) in [6.07, 6.45) is 0.